The van der Waals surface area contributed by atoms with E-state index in [1.54, 1.807) is 6.08 Å². The Kier molecular flexibility index (Phi) is 5.46. The molecule has 0 fully saturated rings. The Labute approximate surface area is 159 Å². The predicted octanol–water partition coefficient (Wildman–Crippen LogP) is 5.20. The van der Waals surface area contributed by atoms with Crippen LogP contribution in [-0.4, -0.2) is 22.2 Å². The van der Waals surface area contributed by atoms with Crippen LogP contribution in [0.2, 0.25) is 0 Å². The van der Waals surface area contributed by atoms with Gasteiger partial charge in [-0.2, -0.15) is 5.26 Å². The molecule has 27 heavy (non-hydrogen) atoms. The summed E-state index contributed by atoms with van der Waals surface area (Å²) in [5, 5.41) is 9.67. The molecule has 0 unspecified atom stereocenters. The Hall–Kier alpha value is -3.26. The van der Waals surface area contributed by atoms with Crippen molar-refractivity contribution in [2.45, 2.75) is 39.9 Å². The van der Waals surface area contributed by atoms with Crippen LogP contribution < -0.4 is 9.47 Å². The summed E-state index contributed by atoms with van der Waals surface area (Å²) in [5.41, 5.74) is 2.97. The number of hydrogen-bond acceptors (Lipinski definition) is 4. The van der Waals surface area contributed by atoms with Crippen LogP contribution in [0.4, 0.5) is 0 Å². The van der Waals surface area contributed by atoms with Gasteiger partial charge in [0.25, 0.3) is 0 Å². The summed E-state index contributed by atoms with van der Waals surface area (Å²) in [7, 11) is 0. The zero-order valence-electron chi connectivity index (χ0n) is 16.0. The molecule has 0 bridgehead atoms. The van der Waals surface area contributed by atoms with E-state index in [-0.39, 0.29) is 12.2 Å². The van der Waals surface area contributed by atoms with E-state index in [9.17, 15) is 5.26 Å². The van der Waals surface area contributed by atoms with E-state index in [1.165, 1.54) is 0 Å². The average Bonchev–Trinajstić information content (AvgIpc) is 3.04. The first-order chi connectivity index (χ1) is 13.0. The fraction of sp³-hybridized carbons (Fsp3) is 0.273. The molecule has 1 heterocycles. The van der Waals surface area contributed by atoms with Crippen LogP contribution in [0.15, 0.2) is 42.5 Å². The van der Waals surface area contributed by atoms with Gasteiger partial charge in [0.15, 0.2) is 0 Å². The molecule has 0 spiro atoms. The van der Waals surface area contributed by atoms with Crippen molar-refractivity contribution >= 4 is 22.7 Å². The van der Waals surface area contributed by atoms with E-state index in [0.29, 0.717) is 17.1 Å². The molecule has 0 amide bonds. The second-order valence-corrected chi connectivity index (χ2v) is 6.81. The summed E-state index contributed by atoms with van der Waals surface area (Å²) < 4.78 is 11.7. The number of fused-ring (bicyclic) bond motifs is 1. The molecule has 5 nitrogen and oxygen atoms in total. The molecule has 0 saturated carbocycles. The zero-order valence-corrected chi connectivity index (χ0v) is 16.0. The number of nitriles is 1. The highest BCUT2D eigenvalue weighted by atomic mass is 16.5. The molecule has 0 aliphatic heterocycles. The number of H-pyrrole nitrogens is 1. The van der Waals surface area contributed by atoms with Crippen LogP contribution in [0.3, 0.4) is 0 Å². The van der Waals surface area contributed by atoms with Gasteiger partial charge in [0.05, 0.1) is 28.8 Å². The molecule has 0 radical (unpaired) electrons. The van der Waals surface area contributed by atoms with Crippen molar-refractivity contribution < 1.29 is 9.47 Å². The third kappa shape index (κ3) is 4.48. The molecule has 0 atom stereocenters. The maximum absolute atomic E-state index is 9.67. The van der Waals surface area contributed by atoms with E-state index >= 15 is 0 Å². The molecule has 1 aromatic heterocycles. The lowest BCUT2D eigenvalue weighted by atomic mass is 10.1. The Morgan fingerprint density at radius 1 is 1.07 bits per heavy atom. The lowest BCUT2D eigenvalue weighted by Gasteiger charge is -2.16. The van der Waals surface area contributed by atoms with Gasteiger partial charge in [0.1, 0.15) is 23.4 Å². The number of rotatable bonds is 6. The fourth-order valence-electron chi connectivity index (χ4n) is 2.72. The number of para-hydroxylation sites is 2. The Balaban J connectivity index is 2.03. The van der Waals surface area contributed by atoms with Gasteiger partial charge in [-0.25, -0.2) is 4.98 Å². The van der Waals surface area contributed by atoms with Gasteiger partial charge in [-0.15, -0.1) is 0 Å². The summed E-state index contributed by atoms with van der Waals surface area (Å²) in [6.45, 7) is 7.89. The van der Waals surface area contributed by atoms with E-state index in [4.69, 9.17) is 9.47 Å². The molecule has 0 aliphatic carbocycles. The van der Waals surface area contributed by atoms with Gasteiger partial charge in [0, 0.05) is 11.6 Å². The van der Waals surface area contributed by atoms with Gasteiger partial charge < -0.3 is 14.5 Å². The summed E-state index contributed by atoms with van der Waals surface area (Å²) in [4.78, 5) is 7.71. The Bertz CT molecular complexity index is 977. The molecule has 2 aromatic carbocycles. The molecule has 138 valence electrons. The smallest absolute Gasteiger partial charge is 0.149 e. The molecular formula is C22H23N3O2. The summed E-state index contributed by atoms with van der Waals surface area (Å²) in [6.07, 6.45) is 1.86. The summed E-state index contributed by atoms with van der Waals surface area (Å²) in [5.74, 6) is 1.95. The summed E-state index contributed by atoms with van der Waals surface area (Å²) in [6, 6.07) is 15.6. The van der Waals surface area contributed by atoms with Gasteiger partial charge in [-0.1, -0.05) is 12.1 Å². The minimum atomic E-state index is 0.00295. The van der Waals surface area contributed by atoms with Gasteiger partial charge in [0.2, 0.25) is 0 Å². The van der Waals surface area contributed by atoms with Crippen LogP contribution in [0.5, 0.6) is 11.5 Å². The number of benzene rings is 2. The monoisotopic (exact) mass is 361 g/mol. The number of allylic oxidation sites excluding steroid dienone is 1. The number of aromatic nitrogens is 2. The first-order valence-corrected chi connectivity index (χ1v) is 9.00. The van der Waals surface area contributed by atoms with Gasteiger partial charge >= 0.3 is 0 Å². The van der Waals surface area contributed by atoms with Crippen LogP contribution in [0, 0.1) is 11.3 Å². The van der Waals surface area contributed by atoms with Crippen molar-refractivity contribution in [2.75, 3.05) is 0 Å². The maximum atomic E-state index is 9.67. The molecule has 3 aromatic rings. The zero-order chi connectivity index (χ0) is 19.4. The molecule has 3 rings (SSSR count). The SMILES string of the molecule is CC(C)Oc1ccc(/C=C(/C#N)c2nc3ccccc3[nH]2)c(OC(C)C)c1. The quantitative estimate of drug-likeness (QED) is 0.613. The van der Waals surface area contributed by atoms with E-state index in [0.717, 1.165) is 22.3 Å². The van der Waals surface area contributed by atoms with Crippen molar-refractivity contribution in [3.8, 4) is 17.6 Å². The minimum Gasteiger partial charge on any atom is -0.491 e. The first-order valence-electron chi connectivity index (χ1n) is 9.00. The number of nitrogens with one attached hydrogen (secondary N) is 1. The standard InChI is InChI=1S/C22H23N3O2/c1-14(2)26-18-10-9-16(21(12-18)27-15(3)4)11-17(13-23)22-24-19-7-5-6-8-20(19)25-22/h5-12,14-15H,1-4H3,(H,24,25)/b17-11-. The lowest BCUT2D eigenvalue weighted by Crippen LogP contribution is -2.09. The highest BCUT2D eigenvalue weighted by Gasteiger charge is 2.12. The first kappa shape index (κ1) is 18.5. The Morgan fingerprint density at radius 2 is 1.81 bits per heavy atom. The third-order valence-corrected chi connectivity index (χ3v) is 3.78. The summed E-state index contributed by atoms with van der Waals surface area (Å²) >= 11 is 0. The van der Waals surface area contributed by atoms with Gasteiger partial charge in [-0.3, -0.25) is 0 Å². The molecule has 0 saturated heterocycles. The van der Waals surface area contributed by atoms with Crippen LogP contribution in [-0.2, 0) is 0 Å². The van der Waals surface area contributed by atoms with Crippen molar-refractivity contribution in [3.05, 3.63) is 53.9 Å². The maximum Gasteiger partial charge on any atom is 0.149 e. The van der Waals surface area contributed by atoms with Crippen LogP contribution in [0.25, 0.3) is 22.7 Å². The number of hydrogen-bond donors (Lipinski definition) is 1. The van der Waals surface area contributed by atoms with E-state index in [2.05, 4.69) is 16.0 Å². The van der Waals surface area contributed by atoms with E-state index in [1.807, 2.05) is 70.2 Å². The minimum absolute atomic E-state index is 0.00295. The third-order valence-electron chi connectivity index (χ3n) is 3.78. The predicted molar refractivity (Wildman–Crippen MR) is 108 cm³/mol. The number of nitrogens with zero attached hydrogens (tertiary/aromatic N) is 2. The average molecular weight is 361 g/mol. The second-order valence-electron chi connectivity index (χ2n) is 6.81. The molecule has 0 aliphatic rings. The fourth-order valence-corrected chi connectivity index (χ4v) is 2.72. The van der Waals surface area contributed by atoms with Crippen molar-refractivity contribution in [2.24, 2.45) is 0 Å². The second kappa shape index (κ2) is 7.96. The number of imidazole rings is 1. The van der Waals surface area contributed by atoms with Crippen molar-refractivity contribution in [3.63, 3.8) is 0 Å². The molecule has 5 heteroatoms. The number of ether oxygens (including phenoxy) is 2. The van der Waals surface area contributed by atoms with Crippen LogP contribution in [0.1, 0.15) is 39.1 Å². The van der Waals surface area contributed by atoms with E-state index < -0.39 is 0 Å². The largest absolute Gasteiger partial charge is 0.491 e. The van der Waals surface area contributed by atoms with Gasteiger partial charge in [-0.05, 0) is 58.0 Å². The Morgan fingerprint density at radius 3 is 2.48 bits per heavy atom. The topological polar surface area (TPSA) is 70.9 Å². The lowest BCUT2D eigenvalue weighted by molar-refractivity contribution is 0.229. The number of aromatic amines is 1. The van der Waals surface area contributed by atoms with Crippen molar-refractivity contribution in [1.29, 1.82) is 5.26 Å². The van der Waals surface area contributed by atoms with Crippen molar-refractivity contribution in [1.82, 2.24) is 9.97 Å². The highest BCUT2D eigenvalue weighted by Crippen LogP contribution is 2.30. The highest BCUT2D eigenvalue weighted by molar-refractivity contribution is 5.91. The van der Waals surface area contributed by atoms with Crippen LogP contribution >= 0.6 is 0 Å². The normalized spacial score (nSPS) is 11.8. The molecule has 1 N–H and O–H groups in total. The molecular weight excluding hydrogens is 338 g/mol.